The van der Waals surface area contributed by atoms with Gasteiger partial charge in [0.15, 0.2) is 5.88 Å². The van der Waals surface area contributed by atoms with Crippen LogP contribution in [0.3, 0.4) is 0 Å². The first-order valence-electron chi connectivity index (χ1n) is 12.5. The number of rotatable bonds is 10. The Kier molecular flexibility index (Phi) is 8.69. The lowest BCUT2D eigenvalue weighted by Crippen LogP contribution is -2.39. The van der Waals surface area contributed by atoms with Gasteiger partial charge in [0.1, 0.15) is 6.54 Å². The maximum atomic E-state index is 12.5. The molecule has 1 aromatic heterocycles. The summed E-state index contributed by atoms with van der Waals surface area (Å²) in [4.78, 5) is 32.5. The number of carbonyl (C=O) groups excluding carboxylic acids is 1. The number of anilines is 1. The van der Waals surface area contributed by atoms with Gasteiger partial charge in [-0.25, -0.2) is 13.4 Å². The first-order chi connectivity index (χ1) is 19.3. The van der Waals surface area contributed by atoms with E-state index in [9.17, 15) is 23.1 Å². The van der Waals surface area contributed by atoms with Crippen LogP contribution in [0.1, 0.15) is 23.1 Å². The van der Waals surface area contributed by atoms with Gasteiger partial charge in [-0.2, -0.15) is 0 Å². The summed E-state index contributed by atoms with van der Waals surface area (Å²) in [5.74, 6) is -1.41. The fourth-order valence-electron chi connectivity index (χ4n) is 4.27. The number of halogens is 1. The molecule has 0 aliphatic carbocycles. The second kappa shape index (κ2) is 12.0. The number of aromatic nitrogens is 1. The maximum Gasteiger partial charge on any atom is 0.303 e. The number of aliphatic imine (C=N–C) groups is 1. The van der Waals surface area contributed by atoms with Crippen molar-refractivity contribution in [1.29, 1.82) is 0 Å². The molecule has 214 valence electrons. The number of carbonyl (C=O) groups is 2. The Balaban J connectivity index is 1.83. The van der Waals surface area contributed by atoms with E-state index in [0.29, 0.717) is 50.6 Å². The minimum Gasteiger partial charge on any atom is -0.494 e. The first kappa shape index (κ1) is 29.6. The molecule has 0 saturated heterocycles. The lowest BCUT2D eigenvalue weighted by atomic mass is 9.97. The summed E-state index contributed by atoms with van der Waals surface area (Å²) in [6, 6.07) is 18.7. The second-order valence-electron chi connectivity index (χ2n) is 9.67. The summed E-state index contributed by atoms with van der Waals surface area (Å²) in [6.07, 6.45) is 1.30. The third kappa shape index (κ3) is 7.05. The molecule has 0 unspecified atom stereocenters. The highest BCUT2D eigenvalue weighted by Crippen LogP contribution is 2.33. The smallest absolute Gasteiger partial charge is 0.303 e. The molecule has 0 radical (unpaired) electrons. The number of likely N-dealkylation sites (N-methyl/N-ethyl adjacent to an activating group) is 1. The molecule has 3 N–H and O–H groups in total. The molecule has 0 bridgehead atoms. The van der Waals surface area contributed by atoms with Crippen LogP contribution in [-0.2, 0) is 26.0 Å². The van der Waals surface area contributed by atoms with E-state index >= 15 is 0 Å². The van der Waals surface area contributed by atoms with Crippen LogP contribution in [0.4, 0.5) is 11.4 Å². The van der Waals surface area contributed by atoms with Crippen molar-refractivity contribution in [1.82, 2.24) is 9.88 Å². The second-order valence-corrected chi connectivity index (χ2v) is 12.0. The zero-order valence-electron chi connectivity index (χ0n) is 22.6. The molecule has 0 aliphatic heterocycles. The minimum absolute atomic E-state index is 0.0403. The molecular weight excluding hydrogens is 568 g/mol. The van der Waals surface area contributed by atoms with Crippen molar-refractivity contribution in [3.63, 3.8) is 0 Å². The number of aliphatic carboxylic acids is 1. The van der Waals surface area contributed by atoms with Gasteiger partial charge in [0.05, 0.1) is 34.4 Å². The van der Waals surface area contributed by atoms with E-state index in [4.69, 9.17) is 21.7 Å². The SMILES string of the molecule is CN(C)C(=O)CN(c1ccc(N=C(c2cccc(CCC(=O)O)c2)c2c(O)[nH]c3cc(Cl)ccc23)cc1)S(C)(=O)=O. The molecule has 10 nitrogen and oxygen atoms in total. The molecule has 12 heteroatoms. The molecule has 4 rings (SSSR count). The van der Waals surface area contributed by atoms with Crippen molar-refractivity contribution < 1.29 is 28.2 Å². The Bertz CT molecular complexity index is 1750. The molecule has 0 aliphatic rings. The van der Waals surface area contributed by atoms with Gasteiger partial charge in [-0.1, -0.05) is 35.9 Å². The molecule has 3 aromatic carbocycles. The molecule has 1 heterocycles. The largest absolute Gasteiger partial charge is 0.494 e. The third-order valence-electron chi connectivity index (χ3n) is 6.36. The van der Waals surface area contributed by atoms with Gasteiger partial charge in [0, 0.05) is 36.5 Å². The van der Waals surface area contributed by atoms with Gasteiger partial charge in [-0.15, -0.1) is 0 Å². The maximum absolute atomic E-state index is 12.5. The summed E-state index contributed by atoms with van der Waals surface area (Å²) in [7, 11) is -0.654. The molecule has 0 saturated carbocycles. The van der Waals surface area contributed by atoms with Crippen LogP contribution in [0.2, 0.25) is 5.02 Å². The summed E-state index contributed by atoms with van der Waals surface area (Å²) < 4.78 is 25.9. The number of benzene rings is 3. The summed E-state index contributed by atoms with van der Waals surface area (Å²) >= 11 is 6.16. The predicted molar refractivity (Wildman–Crippen MR) is 160 cm³/mol. The number of carboxylic acid groups (broad SMARTS) is 1. The van der Waals surface area contributed by atoms with Crippen LogP contribution in [-0.4, -0.2) is 73.0 Å². The molecule has 1 amide bonds. The van der Waals surface area contributed by atoms with Gasteiger partial charge in [0.25, 0.3) is 0 Å². The van der Waals surface area contributed by atoms with E-state index in [1.807, 2.05) is 18.2 Å². The average Bonchev–Trinajstić information content (AvgIpc) is 3.23. The molecule has 4 aromatic rings. The molecule has 41 heavy (non-hydrogen) atoms. The molecule has 0 spiro atoms. The van der Waals surface area contributed by atoms with Crippen molar-refractivity contribution >= 4 is 61.5 Å². The standard InChI is InChI=1S/C29H29ClN4O6S/c1-33(2)25(35)17-34(41(3,39)40)22-11-9-21(10-12-22)31-28(19-6-4-5-18(15-19)7-14-26(36)37)27-23-13-8-20(30)16-24(23)32-29(27)38/h4-6,8-13,15-16,32,38H,7,14,17H2,1-3H3,(H,36,37). The Hall–Kier alpha value is -4.35. The summed E-state index contributed by atoms with van der Waals surface area (Å²) in [6.45, 7) is -0.353. The van der Waals surface area contributed by atoms with Crippen LogP contribution in [0.5, 0.6) is 5.88 Å². The summed E-state index contributed by atoms with van der Waals surface area (Å²) in [5, 5.41) is 21.2. The summed E-state index contributed by atoms with van der Waals surface area (Å²) in [5.41, 5.74) is 3.60. The van der Waals surface area contributed by atoms with E-state index in [1.54, 1.807) is 62.6 Å². The third-order valence-corrected chi connectivity index (χ3v) is 7.74. The van der Waals surface area contributed by atoms with Crippen molar-refractivity contribution in [2.45, 2.75) is 12.8 Å². The van der Waals surface area contributed by atoms with Crippen LogP contribution in [0, 0.1) is 0 Å². The Morgan fingerprint density at radius 3 is 2.37 bits per heavy atom. The van der Waals surface area contributed by atoms with Crippen LogP contribution >= 0.6 is 11.6 Å². The number of carboxylic acids is 1. The van der Waals surface area contributed by atoms with E-state index in [-0.39, 0.29) is 24.8 Å². The van der Waals surface area contributed by atoms with E-state index in [2.05, 4.69) is 4.98 Å². The number of amides is 1. The predicted octanol–water partition coefficient (Wildman–Crippen LogP) is 4.57. The molecule has 0 fully saturated rings. The van der Waals surface area contributed by atoms with Crippen molar-refractivity contribution in [3.8, 4) is 5.88 Å². The highest BCUT2D eigenvalue weighted by atomic mass is 35.5. The number of hydrogen-bond donors (Lipinski definition) is 3. The van der Waals surface area contributed by atoms with Crippen molar-refractivity contribution in [2.24, 2.45) is 4.99 Å². The minimum atomic E-state index is -3.75. The number of hydrogen-bond acceptors (Lipinski definition) is 6. The zero-order chi connectivity index (χ0) is 29.9. The van der Waals surface area contributed by atoms with Crippen molar-refractivity contribution in [3.05, 3.63) is 88.4 Å². The van der Waals surface area contributed by atoms with E-state index in [0.717, 1.165) is 16.1 Å². The quantitative estimate of drug-likeness (QED) is 0.229. The number of H-pyrrole nitrogens is 1. The van der Waals surface area contributed by atoms with E-state index in [1.165, 1.54) is 4.90 Å². The highest BCUT2D eigenvalue weighted by Gasteiger charge is 2.23. The fraction of sp³-hybridized carbons (Fsp3) is 0.207. The average molecular weight is 597 g/mol. The topological polar surface area (TPSA) is 143 Å². The van der Waals surface area contributed by atoms with Gasteiger partial charge in [-0.05, 0) is 54.4 Å². The van der Waals surface area contributed by atoms with Crippen LogP contribution < -0.4 is 4.31 Å². The first-order valence-corrected chi connectivity index (χ1v) is 14.7. The number of aromatic hydroxyl groups is 1. The Labute approximate surface area is 242 Å². The lowest BCUT2D eigenvalue weighted by molar-refractivity contribution is -0.137. The van der Waals surface area contributed by atoms with Gasteiger partial charge < -0.3 is 20.1 Å². The highest BCUT2D eigenvalue weighted by molar-refractivity contribution is 7.92. The molecule has 0 atom stereocenters. The monoisotopic (exact) mass is 596 g/mol. The van der Waals surface area contributed by atoms with Gasteiger partial charge >= 0.3 is 5.97 Å². The van der Waals surface area contributed by atoms with E-state index < -0.39 is 16.0 Å². The lowest BCUT2D eigenvalue weighted by Gasteiger charge is -2.23. The number of nitrogens with one attached hydrogen (secondary N) is 1. The van der Waals surface area contributed by atoms with Gasteiger partial charge in [0.2, 0.25) is 15.9 Å². The van der Waals surface area contributed by atoms with Crippen molar-refractivity contribution in [2.75, 3.05) is 31.2 Å². The zero-order valence-corrected chi connectivity index (χ0v) is 24.2. The van der Waals surface area contributed by atoms with Gasteiger partial charge in [-0.3, -0.25) is 13.9 Å². The number of aryl methyl sites for hydroxylation is 1. The van der Waals surface area contributed by atoms with Crippen LogP contribution in [0.15, 0.2) is 71.7 Å². The molecular formula is C29H29ClN4O6S. The number of sulfonamides is 1. The Morgan fingerprint density at radius 1 is 1.02 bits per heavy atom. The Morgan fingerprint density at radius 2 is 1.73 bits per heavy atom. The normalized spacial score (nSPS) is 12.0. The van der Waals surface area contributed by atoms with Crippen LogP contribution in [0.25, 0.3) is 10.9 Å². The number of nitrogens with zero attached hydrogens (tertiary/aromatic N) is 3. The number of fused-ring (bicyclic) bond motifs is 1. The number of aromatic amines is 1. The fourth-order valence-corrected chi connectivity index (χ4v) is 5.29.